The molecule has 3 fully saturated rings. The maximum atomic E-state index is 12.8. The first-order valence-electron chi connectivity index (χ1n) is 12.1. The van der Waals surface area contributed by atoms with Gasteiger partial charge in [0.25, 0.3) is 5.91 Å². The number of amides is 3. The molecule has 3 amide bonds. The summed E-state index contributed by atoms with van der Waals surface area (Å²) in [5.41, 5.74) is 2.34. The third kappa shape index (κ3) is 4.56. The fourth-order valence-corrected chi connectivity index (χ4v) is 5.35. The van der Waals surface area contributed by atoms with Crippen molar-refractivity contribution in [1.29, 1.82) is 0 Å². The van der Waals surface area contributed by atoms with Gasteiger partial charge in [-0.25, -0.2) is 4.98 Å². The van der Waals surface area contributed by atoms with Crippen molar-refractivity contribution in [3.63, 3.8) is 0 Å². The van der Waals surface area contributed by atoms with Crippen LogP contribution in [0.5, 0.6) is 5.88 Å². The monoisotopic (exact) mass is 518 g/mol. The van der Waals surface area contributed by atoms with Crippen LogP contribution in [0.4, 0.5) is 5.69 Å². The Bertz CT molecular complexity index is 1320. The number of nitrogens with zero attached hydrogens (tertiary/aromatic N) is 3. The lowest BCUT2D eigenvalue weighted by Crippen LogP contribution is -2.34. The molecule has 1 N–H and O–H groups in total. The highest BCUT2D eigenvalue weighted by Gasteiger charge is 2.62. The van der Waals surface area contributed by atoms with E-state index in [9.17, 15) is 14.4 Å². The predicted octanol–water partition coefficient (Wildman–Crippen LogP) is 3.62. The number of nitrogens with one attached hydrogen (secondary N) is 1. The van der Waals surface area contributed by atoms with Gasteiger partial charge in [0.05, 0.1) is 53.7 Å². The maximum absolute atomic E-state index is 12.8. The van der Waals surface area contributed by atoms with Crippen LogP contribution < -0.4 is 10.1 Å². The normalized spacial score (nSPS) is 23.9. The molecule has 4 atom stereocenters. The Kier molecular flexibility index (Phi) is 6.10. The van der Waals surface area contributed by atoms with Crippen LogP contribution in [0.3, 0.4) is 0 Å². The minimum absolute atomic E-state index is 0.0907. The Hall–Kier alpha value is -3.82. The van der Waals surface area contributed by atoms with Gasteiger partial charge in [0.15, 0.2) is 0 Å². The molecular weight excluding hydrogens is 496 g/mol. The van der Waals surface area contributed by atoms with E-state index in [4.69, 9.17) is 21.1 Å². The number of pyridine rings is 2. The Labute approximate surface area is 217 Å². The molecule has 5 heterocycles. The molecule has 9 nitrogen and oxygen atoms in total. The highest BCUT2D eigenvalue weighted by molar-refractivity contribution is 6.30. The van der Waals surface area contributed by atoms with Crippen LogP contribution in [0, 0.1) is 11.8 Å². The highest BCUT2D eigenvalue weighted by atomic mass is 35.5. The quantitative estimate of drug-likeness (QED) is 0.475. The summed E-state index contributed by atoms with van der Waals surface area (Å²) in [5.74, 6) is -1.02. The van der Waals surface area contributed by atoms with Gasteiger partial charge in [0, 0.05) is 17.3 Å². The number of carbonyl (C=O) groups is 3. The van der Waals surface area contributed by atoms with E-state index in [0.717, 1.165) is 18.4 Å². The van der Waals surface area contributed by atoms with Crippen molar-refractivity contribution in [3.05, 3.63) is 82.8 Å². The Balaban J connectivity index is 1.03. The van der Waals surface area contributed by atoms with Gasteiger partial charge in [-0.2, -0.15) is 0 Å². The molecule has 4 unspecified atom stereocenters. The van der Waals surface area contributed by atoms with Crippen molar-refractivity contribution < 1.29 is 23.9 Å². The smallest absolute Gasteiger partial charge is 0.257 e. The third-order valence-electron chi connectivity index (χ3n) is 7.08. The standard InChI is InChI=1S/C27H23ClN4O5/c28-17-4-1-15(2-5-17)14-36-22-10-7-18(12-30-22)31-25(33)16-3-6-19(29-11-16)13-32-26(34)23-20-8-9-21(37-20)24(23)27(32)35/h1-7,10-12,20-21,23-24H,8-9,13-14H2,(H,31,33). The van der Waals surface area contributed by atoms with Crippen LogP contribution in [-0.4, -0.2) is 44.8 Å². The minimum atomic E-state index is -0.362. The number of benzene rings is 1. The van der Waals surface area contributed by atoms with E-state index in [2.05, 4.69) is 15.3 Å². The average molecular weight is 519 g/mol. The molecule has 0 radical (unpaired) electrons. The second-order valence-corrected chi connectivity index (χ2v) is 9.83. The molecule has 2 bridgehead atoms. The number of fused-ring (bicyclic) bond motifs is 5. The van der Waals surface area contributed by atoms with E-state index in [1.807, 2.05) is 12.1 Å². The van der Waals surface area contributed by atoms with Crippen LogP contribution >= 0.6 is 11.6 Å². The zero-order chi connectivity index (χ0) is 25.5. The van der Waals surface area contributed by atoms with Crippen molar-refractivity contribution in [1.82, 2.24) is 14.9 Å². The van der Waals surface area contributed by atoms with Crippen LogP contribution in [0.25, 0.3) is 0 Å². The Morgan fingerprint density at radius 1 is 0.973 bits per heavy atom. The van der Waals surface area contributed by atoms with E-state index in [1.54, 1.807) is 36.4 Å². The number of carbonyl (C=O) groups excluding carboxylic acids is 3. The van der Waals surface area contributed by atoms with Crippen LogP contribution in [0.2, 0.25) is 5.02 Å². The summed E-state index contributed by atoms with van der Waals surface area (Å²) in [4.78, 5) is 48.1. The first-order chi connectivity index (χ1) is 18.0. The summed E-state index contributed by atoms with van der Waals surface area (Å²) in [5, 5.41) is 3.43. The molecule has 2 aromatic heterocycles. The number of ether oxygens (including phenoxy) is 2. The first kappa shape index (κ1) is 23.6. The van der Waals surface area contributed by atoms with E-state index in [1.165, 1.54) is 17.3 Å². The van der Waals surface area contributed by atoms with Gasteiger partial charge in [0.1, 0.15) is 6.61 Å². The van der Waals surface area contributed by atoms with Crippen molar-refractivity contribution in [2.24, 2.45) is 11.8 Å². The number of rotatable bonds is 7. The van der Waals surface area contributed by atoms with Crippen LogP contribution in [0.1, 0.15) is 34.5 Å². The lowest BCUT2D eigenvalue weighted by molar-refractivity contribution is -0.143. The zero-order valence-corrected chi connectivity index (χ0v) is 20.4. The summed E-state index contributed by atoms with van der Waals surface area (Å²) in [6, 6.07) is 14.0. The fraction of sp³-hybridized carbons (Fsp3) is 0.296. The van der Waals surface area contributed by atoms with Crippen LogP contribution in [0.15, 0.2) is 60.9 Å². The summed E-state index contributed by atoms with van der Waals surface area (Å²) < 4.78 is 11.4. The molecule has 3 aliphatic heterocycles. The first-order valence-corrected chi connectivity index (χ1v) is 12.4. The van der Waals surface area contributed by atoms with Gasteiger partial charge in [-0.1, -0.05) is 23.7 Å². The lowest BCUT2D eigenvalue weighted by Gasteiger charge is -2.17. The highest BCUT2D eigenvalue weighted by Crippen LogP contribution is 2.48. The van der Waals surface area contributed by atoms with Gasteiger partial charge in [-0.3, -0.25) is 24.3 Å². The number of hydrogen-bond acceptors (Lipinski definition) is 7. The minimum Gasteiger partial charge on any atom is -0.473 e. The summed E-state index contributed by atoms with van der Waals surface area (Å²) in [6.07, 6.45) is 4.31. The largest absolute Gasteiger partial charge is 0.473 e. The van der Waals surface area contributed by atoms with Crippen LogP contribution in [-0.2, 0) is 27.5 Å². The van der Waals surface area contributed by atoms with Crippen molar-refractivity contribution in [3.8, 4) is 5.88 Å². The summed E-state index contributed by atoms with van der Waals surface area (Å²) in [6.45, 7) is 0.437. The number of aromatic nitrogens is 2. The Morgan fingerprint density at radius 3 is 2.32 bits per heavy atom. The van der Waals surface area contributed by atoms with Gasteiger partial charge < -0.3 is 14.8 Å². The molecule has 6 rings (SSSR count). The topological polar surface area (TPSA) is 111 Å². The number of likely N-dealkylation sites (tertiary alicyclic amines) is 1. The van der Waals surface area contributed by atoms with Crippen molar-refractivity contribution in [2.75, 3.05) is 5.32 Å². The molecule has 1 aromatic carbocycles. The second kappa shape index (κ2) is 9.57. The SMILES string of the molecule is O=C(Nc1ccc(OCc2ccc(Cl)cc2)nc1)c1ccc(CN2C(=O)C3C4CCC(O4)C3C2=O)nc1. The Morgan fingerprint density at radius 2 is 1.70 bits per heavy atom. The fourth-order valence-electron chi connectivity index (χ4n) is 5.22. The van der Waals surface area contributed by atoms with Gasteiger partial charge >= 0.3 is 0 Å². The molecule has 188 valence electrons. The molecule has 0 saturated carbocycles. The molecule has 10 heteroatoms. The number of anilines is 1. The molecular formula is C27H23ClN4O5. The molecule has 3 aliphatic rings. The van der Waals surface area contributed by atoms with E-state index >= 15 is 0 Å². The number of hydrogen-bond donors (Lipinski definition) is 1. The lowest BCUT2D eigenvalue weighted by atomic mass is 9.81. The third-order valence-corrected chi connectivity index (χ3v) is 7.33. The molecule has 3 saturated heterocycles. The number of imide groups is 1. The summed E-state index contributed by atoms with van der Waals surface area (Å²) >= 11 is 5.89. The molecule has 3 aromatic rings. The second-order valence-electron chi connectivity index (χ2n) is 9.40. The van der Waals surface area contributed by atoms with Crippen molar-refractivity contribution >= 4 is 35.0 Å². The molecule has 0 spiro atoms. The summed E-state index contributed by atoms with van der Waals surface area (Å²) in [7, 11) is 0. The van der Waals surface area contributed by atoms with Gasteiger partial charge in [0.2, 0.25) is 17.7 Å². The maximum Gasteiger partial charge on any atom is 0.257 e. The van der Waals surface area contributed by atoms with Gasteiger partial charge in [-0.15, -0.1) is 0 Å². The van der Waals surface area contributed by atoms with Gasteiger partial charge in [-0.05, 0) is 48.7 Å². The average Bonchev–Trinajstić information content (AvgIpc) is 3.60. The predicted molar refractivity (Wildman–Crippen MR) is 133 cm³/mol. The van der Waals surface area contributed by atoms with E-state index in [0.29, 0.717) is 34.5 Å². The van der Waals surface area contributed by atoms with E-state index in [-0.39, 0.29) is 48.3 Å². The zero-order valence-electron chi connectivity index (χ0n) is 19.7. The molecule has 0 aliphatic carbocycles. The number of halogens is 1. The molecule has 37 heavy (non-hydrogen) atoms. The van der Waals surface area contributed by atoms with E-state index < -0.39 is 0 Å². The van der Waals surface area contributed by atoms with Crippen molar-refractivity contribution in [2.45, 2.75) is 38.2 Å².